The van der Waals surface area contributed by atoms with Crippen LogP contribution in [0.4, 0.5) is 0 Å². The maximum absolute atomic E-state index is 11.0. The highest BCUT2D eigenvalue weighted by Gasteiger charge is 2.07. The molecule has 2 aromatic carbocycles. The van der Waals surface area contributed by atoms with Crippen LogP contribution in [-0.2, 0) is 0 Å². The molecule has 0 radical (unpaired) electrons. The highest BCUT2D eigenvalue weighted by Crippen LogP contribution is 2.26. The van der Waals surface area contributed by atoms with Gasteiger partial charge in [0.05, 0.1) is 5.56 Å². The maximum atomic E-state index is 11.0. The molecule has 4 heteroatoms. The molecule has 0 aliphatic carbocycles. The van der Waals surface area contributed by atoms with Crippen LogP contribution in [0, 0.1) is 22.7 Å². The van der Waals surface area contributed by atoms with E-state index in [-0.39, 0.29) is 11.1 Å². The van der Waals surface area contributed by atoms with Gasteiger partial charge in [-0.15, -0.1) is 0 Å². The molecule has 4 nitrogen and oxygen atoms in total. The molecule has 1 N–H and O–H groups in total. The molecule has 21 heavy (non-hydrogen) atoms. The molecule has 2 aromatic rings. The molecule has 0 fully saturated rings. The second-order valence-corrected chi connectivity index (χ2v) is 4.25. The van der Waals surface area contributed by atoms with Crippen molar-refractivity contribution in [1.82, 2.24) is 0 Å². The van der Waals surface area contributed by atoms with Crippen LogP contribution in [0.25, 0.3) is 17.2 Å². The lowest BCUT2D eigenvalue weighted by Gasteiger charge is -2.07. The Hall–Kier alpha value is -3.37. The van der Waals surface area contributed by atoms with Gasteiger partial charge in [0.2, 0.25) is 0 Å². The van der Waals surface area contributed by atoms with E-state index in [0.29, 0.717) is 5.56 Å². The van der Waals surface area contributed by atoms with E-state index in [0.717, 1.165) is 11.1 Å². The van der Waals surface area contributed by atoms with Gasteiger partial charge >= 0.3 is 5.97 Å². The zero-order valence-electron chi connectivity index (χ0n) is 10.9. The molecule has 0 bridgehead atoms. The fraction of sp³-hybridized carbons (Fsp3) is 0. The predicted octanol–water partition coefficient (Wildman–Crippen LogP) is 3.48. The Morgan fingerprint density at radius 2 is 1.76 bits per heavy atom. The molecule has 0 unspecified atom stereocenters. The molecule has 100 valence electrons. The summed E-state index contributed by atoms with van der Waals surface area (Å²) in [5, 5.41) is 26.7. The normalized spacial score (nSPS) is 9.24. The van der Waals surface area contributed by atoms with Crippen LogP contribution in [0.2, 0.25) is 0 Å². The molecule has 0 atom stereocenters. The number of nitrogens with zero attached hydrogens (tertiary/aromatic N) is 2. The predicted molar refractivity (Wildman–Crippen MR) is 78.0 cm³/mol. The number of hydrogen-bond acceptors (Lipinski definition) is 3. The summed E-state index contributed by atoms with van der Waals surface area (Å²) < 4.78 is 0. The smallest absolute Gasteiger partial charge is 0.335 e. The summed E-state index contributed by atoms with van der Waals surface area (Å²) in [7, 11) is 0. The van der Waals surface area contributed by atoms with Crippen LogP contribution in [0.1, 0.15) is 15.9 Å². The summed E-state index contributed by atoms with van der Waals surface area (Å²) in [4.78, 5) is 11.0. The molecule has 0 heterocycles. The maximum Gasteiger partial charge on any atom is 0.335 e. The van der Waals surface area contributed by atoms with Gasteiger partial charge in [-0.25, -0.2) is 4.79 Å². The minimum atomic E-state index is -1.00. The summed E-state index contributed by atoms with van der Waals surface area (Å²) in [6, 6.07) is 17.4. The zero-order chi connectivity index (χ0) is 15.2. The van der Waals surface area contributed by atoms with E-state index in [2.05, 4.69) is 0 Å². The van der Waals surface area contributed by atoms with Crippen LogP contribution < -0.4 is 0 Å². The Labute approximate surface area is 121 Å². The first-order valence-corrected chi connectivity index (χ1v) is 6.10. The quantitative estimate of drug-likeness (QED) is 0.868. The number of carbonyl (C=O) groups is 1. The van der Waals surface area contributed by atoms with Crippen molar-refractivity contribution in [3.63, 3.8) is 0 Å². The van der Waals surface area contributed by atoms with Crippen LogP contribution in [-0.4, -0.2) is 11.1 Å². The second-order valence-electron chi connectivity index (χ2n) is 4.25. The third-order valence-electron chi connectivity index (χ3n) is 2.92. The Morgan fingerprint density at radius 1 is 1.05 bits per heavy atom. The molecular formula is C17H10N2O2. The molecular weight excluding hydrogens is 264 g/mol. The number of nitriles is 2. The van der Waals surface area contributed by atoms with Crippen molar-refractivity contribution in [1.29, 1.82) is 10.5 Å². The SMILES string of the molecule is N#CC(C#N)=Cc1ccccc1-c1cccc(C(=O)O)c1. The number of aromatic carboxylic acids is 1. The number of benzene rings is 2. The van der Waals surface area contributed by atoms with Crippen molar-refractivity contribution < 1.29 is 9.90 Å². The fourth-order valence-corrected chi connectivity index (χ4v) is 1.95. The van der Waals surface area contributed by atoms with E-state index in [1.807, 2.05) is 24.3 Å². The standard InChI is InChI=1S/C17H10N2O2/c18-10-12(11-19)8-13-4-1-2-7-16(13)14-5-3-6-15(9-14)17(20)21/h1-9H,(H,20,21). The summed E-state index contributed by atoms with van der Waals surface area (Å²) in [5.74, 6) is -1.00. The summed E-state index contributed by atoms with van der Waals surface area (Å²) in [6.45, 7) is 0. The summed E-state index contributed by atoms with van der Waals surface area (Å²) in [6.07, 6.45) is 1.49. The van der Waals surface area contributed by atoms with Gasteiger partial charge < -0.3 is 5.11 Å². The third kappa shape index (κ3) is 3.15. The largest absolute Gasteiger partial charge is 0.478 e. The summed E-state index contributed by atoms with van der Waals surface area (Å²) in [5.41, 5.74) is 2.36. The topological polar surface area (TPSA) is 84.9 Å². The van der Waals surface area contributed by atoms with Crippen molar-refractivity contribution in [3.05, 3.63) is 65.2 Å². The van der Waals surface area contributed by atoms with E-state index in [1.165, 1.54) is 12.1 Å². The van der Waals surface area contributed by atoms with Gasteiger partial charge in [0.25, 0.3) is 0 Å². The van der Waals surface area contributed by atoms with Gasteiger partial charge in [0.1, 0.15) is 17.7 Å². The lowest BCUT2D eigenvalue weighted by Crippen LogP contribution is -1.96. The Kier molecular flexibility index (Phi) is 4.14. The number of carboxylic acid groups (broad SMARTS) is 1. The zero-order valence-corrected chi connectivity index (χ0v) is 10.9. The van der Waals surface area contributed by atoms with E-state index < -0.39 is 5.97 Å². The Morgan fingerprint density at radius 3 is 2.43 bits per heavy atom. The number of allylic oxidation sites excluding steroid dienone is 1. The Bertz CT molecular complexity index is 792. The van der Waals surface area contributed by atoms with Crippen molar-refractivity contribution in [2.24, 2.45) is 0 Å². The van der Waals surface area contributed by atoms with Crippen LogP contribution in [0.5, 0.6) is 0 Å². The number of carboxylic acids is 1. The molecule has 0 aromatic heterocycles. The minimum absolute atomic E-state index is 0.00293. The van der Waals surface area contributed by atoms with E-state index in [1.54, 1.807) is 30.3 Å². The van der Waals surface area contributed by atoms with Gasteiger partial charge in [-0.3, -0.25) is 0 Å². The molecule has 0 spiro atoms. The average Bonchev–Trinajstić information content (AvgIpc) is 2.53. The van der Waals surface area contributed by atoms with Crippen molar-refractivity contribution >= 4 is 12.0 Å². The van der Waals surface area contributed by atoms with Gasteiger partial charge in [-0.1, -0.05) is 36.4 Å². The monoisotopic (exact) mass is 274 g/mol. The highest BCUT2D eigenvalue weighted by atomic mass is 16.4. The summed E-state index contributed by atoms with van der Waals surface area (Å²) >= 11 is 0. The number of hydrogen-bond donors (Lipinski definition) is 1. The molecule has 0 aliphatic heterocycles. The minimum Gasteiger partial charge on any atom is -0.478 e. The van der Waals surface area contributed by atoms with E-state index in [4.69, 9.17) is 15.6 Å². The van der Waals surface area contributed by atoms with Crippen molar-refractivity contribution in [3.8, 4) is 23.3 Å². The third-order valence-corrected chi connectivity index (χ3v) is 2.92. The fourth-order valence-electron chi connectivity index (χ4n) is 1.95. The Balaban J connectivity index is 2.59. The first-order chi connectivity index (χ1) is 10.2. The lowest BCUT2D eigenvalue weighted by molar-refractivity contribution is 0.0697. The van der Waals surface area contributed by atoms with Crippen molar-refractivity contribution in [2.45, 2.75) is 0 Å². The number of rotatable bonds is 3. The van der Waals surface area contributed by atoms with Crippen LogP contribution in [0.3, 0.4) is 0 Å². The molecule has 0 aliphatic rings. The van der Waals surface area contributed by atoms with Gasteiger partial charge in [-0.05, 0) is 34.9 Å². The first-order valence-electron chi connectivity index (χ1n) is 6.10. The van der Waals surface area contributed by atoms with Crippen molar-refractivity contribution in [2.75, 3.05) is 0 Å². The first kappa shape index (κ1) is 14.0. The molecule has 0 saturated heterocycles. The van der Waals surface area contributed by atoms with Crippen LogP contribution in [0.15, 0.2) is 54.1 Å². The van der Waals surface area contributed by atoms with E-state index in [9.17, 15) is 4.79 Å². The molecule has 0 amide bonds. The lowest BCUT2D eigenvalue weighted by atomic mass is 9.97. The van der Waals surface area contributed by atoms with Gasteiger partial charge in [-0.2, -0.15) is 10.5 Å². The molecule has 0 saturated carbocycles. The van der Waals surface area contributed by atoms with E-state index >= 15 is 0 Å². The average molecular weight is 274 g/mol. The molecule has 2 rings (SSSR count). The second kappa shape index (κ2) is 6.18. The van der Waals surface area contributed by atoms with Crippen LogP contribution >= 0.6 is 0 Å². The van der Waals surface area contributed by atoms with Gasteiger partial charge in [0.15, 0.2) is 0 Å². The van der Waals surface area contributed by atoms with Gasteiger partial charge in [0, 0.05) is 0 Å². The highest BCUT2D eigenvalue weighted by molar-refractivity contribution is 5.90.